The molecule has 48 valence electrons. The topological polar surface area (TPSA) is 3.24 Å². The van der Waals surface area contributed by atoms with E-state index in [4.69, 9.17) is 0 Å². The van der Waals surface area contributed by atoms with Gasteiger partial charge in [0.15, 0.2) is 0 Å². The second-order valence-electron chi connectivity index (χ2n) is 2.84. The fourth-order valence-corrected chi connectivity index (χ4v) is 7.68. The van der Waals surface area contributed by atoms with Crippen LogP contribution in [-0.4, -0.2) is 36.0 Å². The van der Waals surface area contributed by atoms with Crippen molar-refractivity contribution in [2.75, 3.05) is 6.17 Å². The Balaban J connectivity index is 2.24. The van der Waals surface area contributed by atoms with E-state index in [2.05, 4.69) is 18.4 Å². The third-order valence-electron chi connectivity index (χ3n) is 1.87. The van der Waals surface area contributed by atoms with Crippen LogP contribution in [0.4, 0.5) is 0 Å². The van der Waals surface area contributed by atoms with Gasteiger partial charge in [0.25, 0.3) is 0 Å². The molecule has 1 aliphatic rings. The van der Waals surface area contributed by atoms with Gasteiger partial charge in [-0.05, 0) is 12.2 Å². The summed E-state index contributed by atoms with van der Waals surface area (Å²) in [7, 11) is 0.745. The van der Waals surface area contributed by atoms with Gasteiger partial charge in [0.2, 0.25) is 0 Å². The molecule has 1 fully saturated rings. The van der Waals surface area contributed by atoms with Crippen molar-refractivity contribution in [2.24, 2.45) is 0 Å². The molecule has 0 radical (unpaired) electrons. The van der Waals surface area contributed by atoms with Crippen LogP contribution in [0.2, 0.25) is 5.67 Å². The lowest BCUT2D eigenvalue weighted by Gasteiger charge is -2.18. The van der Waals surface area contributed by atoms with Crippen LogP contribution in [0.5, 0.6) is 0 Å². The largest absolute Gasteiger partial charge is 0.330 e. The van der Waals surface area contributed by atoms with Gasteiger partial charge in [-0.25, -0.2) is 0 Å². The molecule has 8 heavy (non-hydrogen) atoms. The molecule has 1 nitrogen and oxygen atoms in total. The Labute approximate surface area is 56.2 Å². The molecule has 0 aromatic heterocycles. The van der Waals surface area contributed by atoms with E-state index in [1.54, 1.807) is 5.67 Å². The van der Waals surface area contributed by atoms with E-state index in [-0.39, 0.29) is 0 Å². The molecule has 3 heteroatoms. The first kappa shape index (κ1) is 6.51. The van der Waals surface area contributed by atoms with Gasteiger partial charge in [0, 0.05) is 9.52 Å². The van der Waals surface area contributed by atoms with Crippen molar-refractivity contribution in [3.8, 4) is 0 Å². The van der Waals surface area contributed by atoms with Crippen LogP contribution in [0.25, 0.3) is 0 Å². The summed E-state index contributed by atoms with van der Waals surface area (Å²) in [5.74, 6) is 0. The minimum Gasteiger partial charge on any atom is -0.330 e. The zero-order chi connectivity index (χ0) is 5.98. The van der Waals surface area contributed by atoms with Crippen molar-refractivity contribution >= 4 is 19.2 Å². The van der Waals surface area contributed by atoms with Crippen molar-refractivity contribution in [2.45, 2.75) is 25.6 Å². The molecule has 0 aromatic carbocycles. The highest BCUT2D eigenvalue weighted by molar-refractivity contribution is 6.59. The van der Waals surface area contributed by atoms with Gasteiger partial charge >= 0.3 is 0 Å². The third-order valence-corrected chi connectivity index (χ3v) is 8.28. The van der Waals surface area contributed by atoms with E-state index in [9.17, 15) is 0 Å². The number of rotatable bonds is 1. The van der Waals surface area contributed by atoms with Crippen LogP contribution in [0, 0.1) is 0 Å². The Morgan fingerprint density at radius 1 is 1.50 bits per heavy atom. The molecule has 1 aliphatic heterocycles. The Kier molecular flexibility index (Phi) is 2.28. The number of hydrogen-bond donors (Lipinski definition) is 0. The third kappa shape index (κ3) is 1.43. The SMILES string of the molecule is CC(C)N1C[SiH2]C[SiH2]1. The van der Waals surface area contributed by atoms with E-state index >= 15 is 0 Å². The molecule has 0 bridgehead atoms. The lowest BCUT2D eigenvalue weighted by Crippen LogP contribution is -2.29. The Morgan fingerprint density at radius 2 is 2.25 bits per heavy atom. The molecule has 0 aromatic rings. The molecule has 1 rings (SSSR count). The molecule has 1 heterocycles. The molecule has 0 saturated carbocycles. The average molecular weight is 145 g/mol. The van der Waals surface area contributed by atoms with Gasteiger partial charge in [0.05, 0.1) is 9.68 Å². The quantitative estimate of drug-likeness (QED) is 0.441. The molecular formula is C5H15NSi2. The van der Waals surface area contributed by atoms with Crippen molar-refractivity contribution in [1.29, 1.82) is 0 Å². The van der Waals surface area contributed by atoms with Crippen LogP contribution in [0.3, 0.4) is 0 Å². The maximum absolute atomic E-state index is 2.73. The highest BCUT2D eigenvalue weighted by atomic mass is 28.3. The molecule has 1 saturated heterocycles. The highest BCUT2D eigenvalue weighted by Crippen LogP contribution is 2.02. The summed E-state index contributed by atoms with van der Waals surface area (Å²) in [6, 6.07) is 0.872. The van der Waals surface area contributed by atoms with Crippen molar-refractivity contribution < 1.29 is 0 Å². The summed E-state index contributed by atoms with van der Waals surface area (Å²) in [5, 5.41) is 0. The fourth-order valence-electron chi connectivity index (χ4n) is 1.26. The predicted molar refractivity (Wildman–Crippen MR) is 43.7 cm³/mol. The smallest absolute Gasteiger partial charge is 0.0919 e. The first-order valence-corrected chi connectivity index (χ1v) is 7.18. The Hall–Kier alpha value is 0.394. The van der Waals surface area contributed by atoms with E-state index in [0.29, 0.717) is 19.2 Å². The summed E-state index contributed by atoms with van der Waals surface area (Å²) in [6.45, 7) is 4.65. The maximum Gasteiger partial charge on any atom is 0.0919 e. The standard InChI is InChI=1S/C5H15NSi2/c1-5(2)6-3-7-4-8-6/h5H,3-4,7-8H2,1-2H3. The summed E-state index contributed by atoms with van der Waals surface area (Å²) < 4.78 is 2.73. The summed E-state index contributed by atoms with van der Waals surface area (Å²) in [4.78, 5) is 0. The van der Waals surface area contributed by atoms with Gasteiger partial charge in [-0.15, -0.1) is 0 Å². The van der Waals surface area contributed by atoms with E-state index in [0.717, 1.165) is 6.04 Å². The molecule has 0 amide bonds. The number of hydrogen-bond acceptors (Lipinski definition) is 1. The number of nitrogens with zero attached hydrogens (tertiary/aromatic N) is 1. The van der Waals surface area contributed by atoms with E-state index in [1.807, 2.05) is 0 Å². The van der Waals surface area contributed by atoms with E-state index in [1.165, 1.54) is 6.17 Å². The van der Waals surface area contributed by atoms with Crippen molar-refractivity contribution in [1.82, 2.24) is 4.57 Å². The molecule has 0 aliphatic carbocycles. The second-order valence-corrected chi connectivity index (χ2v) is 8.08. The van der Waals surface area contributed by atoms with Crippen LogP contribution in [0.1, 0.15) is 13.8 Å². The minimum absolute atomic E-state index is 0.305. The van der Waals surface area contributed by atoms with Crippen LogP contribution in [0.15, 0.2) is 0 Å². The molecule has 0 N–H and O–H groups in total. The van der Waals surface area contributed by atoms with Crippen LogP contribution >= 0.6 is 0 Å². The molecule has 0 atom stereocenters. The lowest BCUT2D eigenvalue weighted by molar-refractivity contribution is 0.431. The molecular weight excluding hydrogens is 130 g/mol. The Morgan fingerprint density at radius 3 is 2.50 bits per heavy atom. The average Bonchev–Trinajstić information content (AvgIpc) is 2.12. The van der Waals surface area contributed by atoms with Gasteiger partial charge < -0.3 is 4.57 Å². The van der Waals surface area contributed by atoms with E-state index < -0.39 is 0 Å². The second kappa shape index (κ2) is 2.80. The van der Waals surface area contributed by atoms with Gasteiger partial charge in [-0.1, -0.05) is 19.5 Å². The lowest BCUT2D eigenvalue weighted by atomic mass is 10.4. The summed E-state index contributed by atoms with van der Waals surface area (Å²) >= 11 is 0. The van der Waals surface area contributed by atoms with Gasteiger partial charge in [-0.3, -0.25) is 0 Å². The van der Waals surface area contributed by atoms with Gasteiger partial charge in [-0.2, -0.15) is 0 Å². The predicted octanol–water partition coefficient (Wildman–Crippen LogP) is -0.704. The van der Waals surface area contributed by atoms with Crippen LogP contribution < -0.4 is 0 Å². The fraction of sp³-hybridized carbons (Fsp3) is 1.00. The zero-order valence-electron chi connectivity index (χ0n) is 5.85. The first-order valence-electron chi connectivity index (χ1n) is 3.55. The zero-order valence-corrected chi connectivity index (χ0v) is 8.68. The molecule has 0 spiro atoms. The normalized spacial score (nSPS) is 28.9. The summed E-state index contributed by atoms with van der Waals surface area (Å²) in [6.07, 6.45) is 1.53. The van der Waals surface area contributed by atoms with Crippen molar-refractivity contribution in [3.63, 3.8) is 0 Å². The Bertz CT molecular complexity index is 68.8. The minimum atomic E-state index is 0.305. The highest BCUT2D eigenvalue weighted by Gasteiger charge is 2.14. The van der Waals surface area contributed by atoms with Gasteiger partial charge in [0.1, 0.15) is 0 Å². The summed E-state index contributed by atoms with van der Waals surface area (Å²) in [5.41, 5.74) is 1.69. The van der Waals surface area contributed by atoms with Crippen molar-refractivity contribution in [3.05, 3.63) is 0 Å². The maximum atomic E-state index is 2.73. The van der Waals surface area contributed by atoms with Crippen LogP contribution in [-0.2, 0) is 0 Å². The molecule has 0 unspecified atom stereocenters. The first-order chi connectivity index (χ1) is 3.80. The monoisotopic (exact) mass is 145 g/mol.